The van der Waals surface area contributed by atoms with E-state index in [0.29, 0.717) is 26.6 Å². The van der Waals surface area contributed by atoms with Crippen molar-refractivity contribution in [3.63, 3.8) is 0 Å². The predicted molar refractivity (Wildman–Crippen MR) is 110 cm³/mol. The summed E-state index contributed by atoms with van der Waals surface area (Å²) in [6, 6.07) is 10.7. The van der Waals surface area contributed by atoms with Crippen molar-refractivity contribution in [3.8, 4) is 0 Å². The van der Waals surface area contributed by atoms with Gasteiger partial charge in [-0.3, -0.25) is 5.32 Å². The summed E-state index contributed by atoms with van der Waals surface area (Å²) in [5.74, 6) is 1.13. The molecule has 3 rings (SSSR count). The van der Waals surface area contributed by atoms with E-state index in [2.05, 4.69) is 20.8 Å². The predicted octanol–water partition coefficient (Wildman–Crippen LogP) is 6.06. The van der Waals surface area contributed by atoms with E-state index in [-0.39, 0.29) is 5.82 Å². The van der Waals surface area contributed by atoms with E-state index < -0.39 is 6.03 Å². The van der Waals surface area contributed by atoms with Crippen molar-refractivity contribution in [3.05, 3.63) is 68.9 Å². The van der Waals surface area contributed by atoms with Crippen molar-refractivity contribution in [1.82, 2.24) is 10.2 Å². The van der Waals surface area contributed by atoms with E-state index in [1.807, 2.05) is 0 Å². The molecule has 2 aromatic carbocycles. The monoisotopic (exact) mass is 442 g/mol. The van der Waals surface area contributed by atoms with Gasteiger partial charge in [0.1, 0.15) is 10.8 Å². The van der Waals surface area contributed by atoms with Crippen LogP contribution in [0.15, 0.2) is 42.5 Å². The SMILES string of the molecule is O=C(Nc1ccc(Cl)c(Cl)c1)Nc1nnc(CSCc2ccc(F)cc2)s1. The van der Waals surface area contributed by atoms with E-state index in [0.717, 1.165) is 16.3 Å². The molecule has 0 spiro atoms. The molecule has 2 amide bonds. The Morgan fingerprint density at radius 2 is 1.81 bits per heavy atom. The summed E-state index contributed by atoms with van der Waals surface area (Å²) < 4.78 is 12.9. The molecule has 0 saturated heterocycles. The van der Waals surface area contributed by atoms with Gasteiger partial charge in [-0.05, 0) is 35.9 Å². The molecule has 1 aromatic heterocycles. The number of benzene rings is 2. The summed E-state index contributed by atoms with van der Waals surface area (Å²) >= 11 is 14.7. The lowest BCUT2D eigenvalue weighted by Crippen LogP contribution is -2.19. The van der Waals surface area contributed by atoms with Gasteiger partial charge >= 0.3 is 6.03 Å². The molecule has 0 aliphatic heterocycles. The highest BCUT2D eigenvalue weighted by Crippen LogP contribution is 2.26. The van der Waals surface area contributed by atoms with Crippen LogP contribution in [-0.4, -0.2) is 16.2 Å². The van der Waals surface area contributed by atoms with Crippen LogP contribution < -0.4 is 10.6 Å². The van der Waals surface area contributed by atoms with Crippen molar-refractivity contribution < 1.29 is 9.18 Å². The quantitative estimate of drug-likeness (QED) is 0.486. The summed E-state index contributed by atoms with van der Waals surface area (Å²) in [6.07, 6.45) is 0. The van der Waals surface area contributed by atoms with Crippen LogP contribution in [0.5, 0.6) is 0 Å². The van der Waals surface area contributed by atoms with Gasteiger partial charge in [0.2, 0.25) is 5.13 Å². The summed E-state index contributed by atoms with van der Waals surface area (Å²) in [7, 11) is 0. The fourth-order valence-corrected chi connectivity index (χ4v) is 4.11. The average molecular weight is 443 g/mol. The number of halogens is 3. The molecule has 0 radical (unpaired) electrons. The number of nitrogens with zero attached hydrogens (tertiary/aromatic N) is 2. The smallest absolute Gasteiger partial charge is 0.308 e. The van der Waals surface area contributed by atoms with Crippen LogP contribution in [0.2, 0.25) is 10.0 Å². The number of carbonyl (C=O) groups is 1. The molecule has 0 bridgehead atoms. The van der Waals surface area contributed by atoms with Gasteiger partial charge in [0.25, 0.3) is 0 Å². The topological polar surface area (TPSA) is 66.9 Å². The van der Waals surface area contributed by atoms with Gasteiger partial charge in [-0.15, -0.1) is 22.0 Å². The molecule has 10 heteroatoms. The number of amides is 2. The zero-order valence-electron chi connectivity index (χ0n) is 13.7. The van der Waals surface area contributed by atoms with Crippen molar-refractivity contribution in [1.29, 1.82) is 0 Å². The molecule has 0 atom stereocenters. The third-order valence-corrected chi connectivity index (χ3v) is 6.05. The second-order valence-corrected chi connectivity index (χ2v) is 8.19. The van der Waals surface area contributed by atoms with Crippen molar-refractivity contribution >= 4 is 63.2 Å². The Bertz CT molecular complexity index is 937. The minimum atomic E-state index is -0.449. The standard InChI is InChI=1S/C17H13Cl2FN4OS2/c18-13-6-5-12(7-14(13)19)21-16(25)22-17-24-23-15(27-17)9-26-8-10-1-3-11(20)4-2-10/h1-7H,8-9H2,(H2,21,22,24,25). The van der Waals surface area contributed by atoms with Crippen molar-refractivity contribution in [2.24, 2.45) is 0 Å². The number of aromatic nitrogens is 2. The number of carbonyl (C=O) groups excluding carboxylic acids is 1. The second kappa shape index (κ2) is 9.36. The molecule has 3 aromatic rings. The molecule has 0 saturated carbocycles. The molecular formula is C17H13Cl2FN4OS2. The minimum absolute atomic E-state index is 0.247. The molecule has 0 unspecified atom stereocenters. The average Bonchev–Trinajstić information content (AvgIpc) is 3.07. The molecule has 1 heterocycles. The fourth-order valence-electron chi connectivity index (χ4n) is 2.03. The van der Waals surface area contributed by atoms with Crippen LogP contribution in [0.4, 0.5) is 20.0 Å². The third kappa shape index (κ3) is 6.07. The van der Waals surface area contributed by atoms with Crippen LogP contribution in [0.1, 0.15) is 10.6 Å². The van der Waals surface area contributed by atoms with E-state index in [4.69, 9.17) is 23.2 Å². The van der Waals surface area contributed by atoms with Crippen LogP contribution in [0.3, 0.4) is 0 Å². The summed E-state index contributed by atoms with van der Waals surface area (Å²) in [4.78, 5) is 12.0. The Balaban J connectivity index is 1.47. The summed E-state index contributed by atoms with van der Waals surface area (Å²) in [5.41, 5.74) is 1.55. The molecule has 140 valence electrons. The molecule has 0 aliphatic rings. The minimum Gasteiger partial charge on any atom is -0.308 e. The van der Waals surface area contributed by atoms with Gasteiger partial charge in [-0.1, -0.05) is 46.7 Å². The third-order valence-electron chi connectivity index (χ3n) is 3.27. The summed E-state index contributed by atoms with van der Waals surface area (Å²) in [5, 5.41) is 15.2. The fraction of sp³-hybridized carbons (Fsp3) is 0.118. The first-order valence-corrected chi connectivity index (χ1v) is 10.4. The normalized spacial score (nSPS) is 10.6. The van der Waals surface area contributed by atoms with E-state index in [1.54, 1.807) is 42.1 Å². The first-order valence-electron chi connectivity index (χ1n) is 7.67. The van der Waals surface area contributed by atoms with Crippen molar-refractivity contribution in [2.45, 2.75) is 11.5 Å². The Kier molecular flexibility index (Phi) is 6.89. The highest BCUT2D eigenvalue weighted by atomic mass is 35.5. The maximum Gasteiger partial charge on any atom is 0.325 e. The number of rotatable bonds is 6. The highest BCUT2D eigenvalue weighted by molar-refractivity contribution is 7.97. The number of thioether (sulfide) groups is 1. The zero-order chi connectivity index (χ0) is 19.2. The molecule has 5 nitrogen and oxygen atoms in total. The lowest BCUT2D eigenvalue weighted by Gasteiger charge is -2.06. The number of hydrogen-bond acceptors (Lipinski definition) is 5. The lowest BCUT2D eigenvalue weighted by atomic mass is 10.2. The van der Waals surface area contributed by atoms with Gasteiger partial charge in [-0.25, -0.2) is 9.18 Å². The second-order valence-electron chi connectivity index (χ2n) is 5.33. The Labute approximate surface area is 173 Å². The number of urea groups is 1. The van der Waals surface area contributed by atoms with Crippen molar-refractivity contribution in [2.75, 3.05) is 10.6 Å². The Morgan fingerprint density at radius 3 is 2.56 bits per heavy atom. The van der Waals surface area contributed by atoms with Crippen LogP contribution in [-0.2, 0) is 11.5 Å². The Hall–Kier alpha value is -1.87. The molecule has 0 aliphatic carbocycles. The molecule has 0 fully saturated rings. The van der Waals surface area contributed by atoms with Gasteiger partial charge in [-0.2, -0.15) is 0 Å². The van der Waals surface area contributed by atoms with Gasteiger partial charge in [0.05, 0.1) is 10.0 Å². The Morgan fingerprint density at radius 1 is 1.04 bits per heavy atom. The molecular weight excluding hydrogens is 430 g/mol. The van der Waals surface area contributed by atoms with E-state index in [9.17, 15) is 9.18 Å². The van der Waals surface area contributed by atoms with E-state index >= 15 is 0 Å². The lowest BCUT2D eigenvalue weighted by molar-refractivity contribution is 0.262. The first-order chi connectivity index (χ1) is 13.0. The zero-order valence-corrected chi connectivity index (χ0v) is 16.9. The van der Waals surface area contributed by atoms with Gasteiger partial charge in [0, 0.05) is 17.2 Å². The maximum absolute atomic E-state index is 12.9. The largest absolute Gasteiger partial charge is 0.325 e. The van der Waals surface area contributed by atoms with Crippen LogP contribution >= 0.6 is 46.3 Å². The number of anilines is 2. The van der Waals surface area contributed by atoms with Gasteiger partial charge in [0.15, 0.2) is 0 Å². The maximum atomic E-state index is 12.9. The van der Waals surface area contributed by atoms with Gasteiger partial charge < -0.3 is 5.32 Å². The van der Waals surface area contributed by atoms with Crippen LogP contribution in [0, 0.1) is 5.82 Å². The number of hydrogen-bond donors (Lipinski definition) is 2. The number of nitrogens with one attached hydrogen (secondary N) is 2. The highest BCUT2D eigenvalue weighted by Gasteiger charge is 2.09. The van der Waals surface area contributed by atoms with E-state index in [1.165, 1.54) is 23.5 Å². The summed E-state index contributed by atoms with van der Waals surface area (Å²) in [6.45, 7) is 0. The van der Waals surface area contributed by atoms with Crippen LogP contribution in [0.25, 0.3) is 0 Å². The first kappa shape index (κ1) is 19.9. The molecule has 27 heavy (non-hydrogen) atoms. The molecule has 2 N–H and O–H groups in total.